The minimum atomic E-state index is -0.988. The van der Waals surface area contributed by atoms with Crippen molar-refractivity contribution in [3.63, 3.8) is 0 Å². The molecule has 0 saturated carbocycles. The van der Waals surface area contributed by atoms with Crippen LogP contribution in [0.15, 0.2) is 72.8 Å². The Morgan fingerprint density at radius 2 is 1.09 bits per heavy atom. The zero-order chi connectivity index (χ0) is 32.1. The molecule has 0 aliphatic carbocycles. The van der Waals surface area contributed by atoms with Crippen LogP contribution in [0.3, 0.4) is 0 Å². The van der Waals surface area contributed by atoms with Crippen molar-refractivity contribution >= 4 is 11.6 Å². The van der Waals surface area contributed by atoms with Crippen LogP contribution in [0, 0.1) is 17.5 Å². The molecule has 4 aromatic carbocycles. The molecule has 0 radical (unpaired) electrons. The molecule has 0 aromatic heterocycles. The van der Waals surface area contributed by atoms with Gasteiger partial charge in [0.1, 0.15) is 0 Å². The van der Waals surface area contributed by atoms with E-state index >= 15 is 0 Å². The predicted molar refractivity (Wildman–Crippen MR) is 161 cm³/mol. The molecule has 0 heterocycles. The Kier molecular flexibility index (Phi) is 19.3. The monoisotopic (exact) mass is 652 g/mol. The Bertz CT molecular complexity index is 1560. The van der Waals surface area contributed by atoms with Crippen molar-refractivity contribution in [1.29, 1.82) is 0 Å². The maximum absolute atomic E-state index is 14.0. The molecule has 4 aromatic rings. The molecule has 0 bridgehead atoms. The summed E-state index contributed by atoms with van der Waals surface area (Å²) in [7, 11) is 3.09. The van der Waals surface area contributed by atoms with Crippen LogP contribution >= 0.6 is 0 Å². The van der Waals surface area contributed by atoms with Crippen molar-refractivity contribution in [2.24, 2.45) is 0 Å². The maximum Gasteiger partial charge on any atom is 1.00 e. The van der Waals surface area contributed by atoms with E-state index in [1.807, 2.05) is 31.2 Å². The number of aryl methyl sites for hydroxylation is 2. The van der Waals surface area contributed by atoms with Gasteiger partial charge in [-0.25, -0.2) is 13.2 Å². The molecule has 236 valence electrons. The summed E-state index contributed by atoms with van der Waals surface area (Å²) in [5.41, 5.74) is 2.77. The molecular formula is C34H36F3KO7. The Balaban J connectivity index is 0.000000688. The van der Waals surface area contributed by atoms with E-state index in [0.717, 1.165) is 30.5 Å². The zero-order valence-electron chi connectivity index (χ0n) is 26.4. The minimum Gasteiger partial charge on any atom is -0.870 e. The summed E-state index contributed by atoms with van der Waals surface area (Å²) in [4.78, 5) is 21.8. The van der Waals surface area contributed by atoms with E-state index in [4.69, 9.17) is 14.2 Å². The van der Waals surface area contributed by atoms with Gasteiger partial charge in [-0.05, 0) is 98.5 Å². The molecule has 0 fully saturated rings. The van der Waals surface area contributed by atoms with Crippen LogP contribution in [-0.2, 0) is 12.8 Å². The van der Waals surface area contributed by atoms with E-state index in [9.17, 15) is 27.9 Å². The van der Waals surface area contributed by atoms with Crippen LogP contribution in [-0.4, -0.2) is 36.4 Å². The number of methoxy groups -OCH3 is 2. The molecular weight excluding hydrogens is 616 g/mol. The van der Waals surface area contributed by atoms with Gasteiger partial charge in [0.25, 0.3) is 0 Å². The van der Waals surface area contributed by atoms with Crippen molar-refractivity contribution in [1.82, 2.24) is 0 Å². The summed E-state index contributed by atoms with van der Waals surface area (Å²) in [5.74, 6) is -1.18. The minimum absolute atomic E-state index is 0. The normalized spacial score (nSPS) is 9.53. The molecule has 2 N–H and O–H groups in total. The third-order valence-electron chi connectivity index (χ3n) is 6.17. The smallest absolute Gasteiger partial charge is 0.870 e. The number of ketones is 2. The van der Waals surface area contributed by atoms with Crippen molar-refractivity contribution < 1.29 is 98.9 Å². The molecule has 7 nitrogen and oxygen atoms in total. The van der Waals surface area contributed by atoms with Crippen LogP contribution in [0.5, 0.6) is 28.7 Å². The van der Waals surface area contributed by atoms with Crippen molar-refractivity contribution in [2.75, 3.05) is 14.2 Å². The fourth-order valence-corrected chi connectivity index (χ4v) is 3.59. The Hall–Kier alpha value is -3.19. The number of hydrogen-bond acceptors (Lipinski definition) is 7. The fraction of sp³-hybridized carbons (Fsp3) is 0.235. The summed E-state index contributed by atoms with van der Waals surface area (Å²) in [6.45, 7) is 6.79. The number of benzene rings is 4. The predicted octanol–water partition coefficient (Wildman–Crippen LogP) is 5.35. The third kappa shape index (κ3) is 13.0. The van der Waals surface area contributed by atoms with Crippen LogP contribution in [0.2, 0.25) is 0 Å². The van der Waals surface area contributed by atoms with Gasteiger partial charge in [0, 0.05) is 11.1 Å². The number of halogens is 3. The maximum atomic E-state index is 14.0. The molecule has 11 heteroatoms. The average Bonchev–Trinajstić information content (AvgIpc) is 3.00. The summed E-state index contributed by atoms with van der Waals surface area (Å²) in [6.07, 6.45) is 1.83. The number of carbonyl (C=O) groups is 2. The first-order chi connectivity index (χ1) is 20.4. The van der Waals surface area contributed by atoms with E-state index in [2.05, 4.69) is 6.92 Å². The SMILES string of the molecule is CC(=O)c1ccc(F)c(F)c1.CCc1ccc(O)c(OC)c1.CCc1ccc(Oc2ccc(C(C)=O)cc2F)c(OC)c1.[K+].[OH-]. The summed E-state index contributed by atoms with van der Waals surface area (Å²) in [6, 6.07) is 18.1. The summed E-state index contributed by atoms with van der Waals surface area (Å²) < 4.78 is 54.4. The van der Waals surface area contributed by atoms with Crippen molar-refractivity contribution in [2.45, 2.75) is 40.5 Å². The van der Waals surface area contributed by atoms with Gasteiger partial charge in [-0.2, -0.15) is 0 Å². The van der Waals surface area contributed by atoms with Gasteiger partial charge in [0.2, 0.25) is 0 Å². The first-order valence-corrected chi connectivity index (χ1v) is 13.4. The second-order valence-corrected chi connectivity index (χ2v) is 9.19. The van der Waals surface area contributed by atoms with Crippen LogP contribution < -0.4 is 65.6 Å². The molecule has 0 atom stereocenters. The van der Waals surface area contributed by atoms with Gasteiger partial charge in [-0.15, -0.1) is 0 Å². The number of hydrogen-bond donors (Lipinski definition) is 1. The number of ether oxygens (including phenoxy) is 3. The standard InChI is InChI=1S/C17H17FO3.C9H12O2.C8H6F2O.K.H2O/c1-4-12-5-7-16(17(9-12)20-3)21-15-8-6-13(11(2)19)10-14(15)18;1-3-7-4-5-8(10)9(6-7)11-2;1-5(11)6-2-3-7(9)8(10)4-6;;/h5-10H,4H2,1-3H3;4-6,10H,3H2,1-2H3;2-4H,1H3;;1H2/q;;;+1;/p-1. The first kappa shape index (κ1) is 41.8. The quantitative estimate of drug-likeness (QED) is 0.202. The van der Waals surface area contributed by atoms with Crippen molar-refractivity contribution in [3.8, 4) is 28.7 Å². The fourth-order valence-electron chi connectivity index (χ4n) is 3.59. The summed E-state index contributed by atoms with van der Waals surface area (Å²) >= 11 is 0. The van der Waals surface area contributed by atoms with Crippen molar-refractivity contribution in [3.05, 3.63) is 113 Å². The molecule has 0 amide bonds. The molecule has 45 heavy (non-hydrogen) atoms. The molecule has 4 rings (SSSR count). The topological polar surface area (TPSA) is 112 Å². The Morgan fingerprint density at radius 1 is 0.622 bits per heavy atom. The van der Waals surface area contributed by atoms with Crippen LogP contribution in [0.1, 0.15) is 59.5 Å². The number of rotatable bonds is 8. The number of Topliss-reactive ketones (excluding diaryl/α,β-unsaturated/α-hetero) is 2. The van der Waals surface area contributed by atoms with Crippen LogP contribution in [0.4, 0.5) is 13.2 Å². The van der Waals surface area contributed by atoms with Crippen LogP contribution in [0.25, 0.3) is 0 Å². The molecule has 0 saturated heterocycles. The zero-order valence-corrected chi connectivity index (χ0v) is 29.5. The number of aromatic hydroxyl groups is 1. The van der Waals surface area contributed by atoms with Gasteiger partial charge in [0.15, 0.2) is 57.8 Å². The Labute approximate surface area is 304 Å². The second kappa shape index (κ2) is 20.8. The molecule has 0 unspecified atom stereocenters. The number of carbonyl (C=O) groups excluding carboxylic acids is 2. The summed E-state index contributed by atoms with van der Waals surface area (Å²) in [5, 5.41) is 9.21. The number of phenols is 1. The van der Waals surface area contributed by atoms with E-state index in [1.165, 1.54) is 50.8 Å². The molecule has 0 spiro atoms. The van der Waals surface area contributed by atoms with E-state index in [0.29, 0.717) is 22.8 Å². The van der Waals surface area contributed by atoms with Gasteiger partial charge in [0.05, 0.1) is 14.2 Å². The Morgan fingerprint density at radius 3 is 1.56 bits per heavy atom. The first-order valence-electron chi connectivity index (χ1n) is 13.4. The van der Waals surface area contributed by atoms with Gasteiger partial charge in [-0.3, -0.25) is 9.59 Å². The van der Waals surface area contributed by atoms with Gasteiger partial charge >= 0.3 is 51.4 Å². The van der Waals surface area contributed by atoms with Gasteiger partial charge in [-0.1, -0.05) is 26.0 Å². The second-order valence-electron chi connectivity index (χ2n) is 9.19. The average molecular weight is 653 g/mol. The molecule has 0 aliphatic heterocycles. The number of phenolic OH excluding ortho intramolecular Hbond substituents is 1. The van der Waals surface area contributed by atoms with Gasteiger partial charge < -0.3 is 24.8 Å². The van der Waals surface area contributed by atoms with E-state index < -0.39 is 17.5 Å². The van der Waals surface area contributed by atoms with E-state index in [1.54, 1.807) is 19.2 Å². The third-order valence-corrected chi connectivity index (χ3v) is 6.17. The largest absolute Gasteiger partial charge is 1.00 e. The van der Waals surface area contributed by atoms with E-state index in [-0.39, 0.29) is 85.5 Å². The molecule has 0 aliphatic rings.